The standard InChI is InChI=1S/C25H33N2OS/c1-18(17-26)27(8)20-11-9-19(10-12-20)13-14-29-21-15-22(24(2,3)4)28-23(16-21)25(5,6)7/h9-16,18H,1-8H3/q+1/b14-13+. The molecular formula is C25H33N2OS+. The Morgan fingerprint density at radius 3 is 1.97 bits per heavy atom. The van der Waals surface area contributed by atoms with Crippen LogP contribution in [-0.2, 0) is 10.8 Å². The number of thioether (sulfide) groups is 1. The van der Waals surface area contributed by atoms with Gasteiger partial charge in [-0.1, -0.05) is 23.9 Å². The Kier molecular flexibility index (Phi) is 7.19. The van der Waals surface area contributed by atoms with E-state index in [0.29, 0.717) is 0 Å². The van der Waals surface area contributed by atoms with Crippen LogP contribution in [0.25, 0.3) is 6.08 Å². The SMILES string of the molecule is CC(C#N)N(C)c1ccc(/C=C/Sc2cc(C(C)(C)C)[o+]c(C(C)(C)C)c2)cc1. The summed E-state index contributed by atoms with van der Waals surface area (Å²) in [5.74, 6) is 2.00. The second-order valence-corrected chi connectivity index (χ2v) is 10.4. The van der Waals surface area contributed by atoms with Gasteiger partial charge >= 0.3 is 11.5 Å². The lowest BCUT2D eigenvalue weighted by Gasteiger charge is -2.21. The second-order valence-electron chi connectivity index (χ2n) is 9.45. The van der Waals surface area contributed by atoms with Gasteiger partial charge in [0.05, 0.1) is 29.0 Å². The maximum atomic E-state index is 9.07. The largest absolute Gasteiger partial charge is 0.359 e. The van der Waals surface area contributed by atoms with Gasteiger partial charge in [0, 0.05) is 17.6 Å². The Balaban J connectivity index is 2.19. The minimum absolute atomic E-state index is 0.0390. The number of benzene rings is 1. The Hall–Kier alpha value is -2.25. The number of hydrogen-bond acceptors (Lipinski definition) is 3. The summed E-state index contributed by atoms with van der Waals surface area (Å²) >= 11 is 1.70. The highest BCUT2D eigenvalue weighted by atomic mass is 32.2. The summed E-state index contributed by atoms with van der Waals surface area (Å²) in [6.45, 7) is 14.9. The number of nitriles is 1. The van der Waals surface area contributed by atoms with Crippen LogP contribution < -0.4 is 4.90 Å². The van der Waals surface area contributed by atoms with Crippen molar-refractivity contribution in [2.45, 2.75) is 70.2 Å². The highest BCUT2D eigenvalue weighted by molar-refractivity contribution is 8.02. The highest BCUT2D eigenvalue weighted by Crippen LogP contribution is 2.34. The van der Waals surface area contributed by atoms with Crippen molar-refractivity contribution in [2.75, 3.05) is 11.9 Å². The normalized spacial score (nSPS) is 13.3. The zero-order chi connectivity index (χ0) is 21.8. The monoisotopic (exact) mass is 409 g/mol. The van der Waals surface area contributed by atoms with Gasteiger partial charge in [-0.15, -0.1) is 0 Å². The molecule has 1 aromatic heterocycles. The van der Waals surface area contributed by atoms with Crippen molar-refractivity contribution in [1.29, 1.82) is 5.26 Å². The highest BCUT2D eigenvalue weighted by Gasteiger charge is 2.33. The van der Waals surface area contributed by atoms with E-state index in [2.05, 4.69) is 95.5 Å². The third kappa shape index (κ3) is 6.37. The van der Waals surface area contributed by atoms with Crippen molar-refractivity contribution < 1.29 is 4.42 Å². The van der Waals surface area contributed by atoms with Crippen LogP contribution >= 0.6 is 11.8 Å². The van der Waals surface area contributed by atoms with E-state index in [1.54, 1.807) is 11.8 Å². The maximum absolute atomic E-state index is 9.07. The molecule has 0 spiro atoms. The summed E-state index contributed by atoms with van der Waals surface area (Å²) in [7, 11) is 1.94. The van der Waals surface area contributed by atoms with E-state index in [1.165, 1.54) is 4.90 Å². The van der Waals surface area contributed by atoms with Gasteiger partial charge in [0.2, 0.25) is 0 Å². The van der Waals surface area contributed by atoms with Crippen molar-refractivity contribution in [2.24, 2.45) is 0 Å². The molecule has 154 valence electrons. The van der Waals surface area contributed by atoms with Crippen molar-refractivity contribution in [3.05, 3.63) is 58.9 Å². The molecule has 4 heteroatoms. The summed E-state index contributed by atoms with van der Waals surface area (Å²) in [4.78, 5) is 3.15. The molecule has 2 rings (SSSR count). The van der Waals surface area contributed by atoms with Gasteiger partial charge in [0.25, 0.3) is 0 Å². The molecule has 2 aromatic rings. The summed E-state index contributed by atoms with van der Waals surface area (Å²) in [5.41, 5.74) is 2.09. The summed E-state index contributed by atoms with van der Waals surface area (Å²) < 4.78 is 6.21. The van der Waals surface area contributed by atoms with Crippen molar-refractivity contribution >= 4 is 23.5 Å². The fraction of sp³-hybridized carbons (Fsp3) is 0.440. The minimum Gasteiger partial charge on any atom is -0.359 e. The Morgan fingerprint density at radius 2 is 1.52 bits per heavy atom. The lowest BCUT2D eigenvalue weighted by Crippen LogP contribution is -2.26. The van der Waals surface area contributed by atoms with Crippen LogP contribution in [0, 0.1) is 11.3 Å². The topological polar surface area (TPSA) is 38.3 Å². The van der Waals surface area contributed by atoms with Gasteiger partial charge in [0.1, 0.15) is 6.04 Å². The molecule has 3 nitrogen and oxygen atoms in total. The fourth-order valence-electron chi connectivity index (χ4n) is 2.61. The molecule has 0 aliphatic carbocycles. The molecular weight excluding hydrogens is 376 g/mol. The molecule has 1 aromatic carbocycles. The van der Waals surface area contributed by atoms with Gasteiger partial charge < -0.3 is 4.90 Å². The second kappa shape index (κ2) is 9.05. The lowest BCUT2D eigenvalue weighted by molar-refractivity contribution is 0.326. The van der Waals surface area contributed by atoms with E-state index < -0.39 is 0 Å². The van der Waals surface area contributed by atoms with Crippen LogP contribution in [-0.4, -0.2) is 13.1 Å². The molecule has 0 saturated heterocycles. The van der Waals surface area contributed by atoms with Gasteiger partial charge in [-0.2, -0.15) is 5.26 Å². The number of rotatable bonds is 5. The predicted molar refractivity (Wildman–Crippen MR) is 125 cm³/mol. The Bertz CT molecular complexity index is 864. The number of hydrogen-bond donors (Lipinski definition) is 0. The quantitative estimate of drug-likeness (QED) is 0.384. The van der Waals surface area contributed by atoms with Crippen LogP contribution in [0.3, 0.4) is 0 Å². The third-order valence-electron chi connectivity index (χ3n) is 4.78. The Labute approximate surface area is 180 Å². The first-order valence-corrected chi connectivity index (χ1v) is 10.8. The first-order chi connectivity index (χ1) is 13.4. The van der Waals surface area contributed by atoms with Crippen LogP contribution in [0.1, 0.15) is 65.6 Å². The molecule has 0 amide bonds. The zero-order valence-corrected chi connectivity index (χ0v) is 19.7. The fourth-order valence-corrected chi connectivity index (χ4v) is 3.34. The molecule has 0 aliphatic heterocycles. The molecule has 0 aliphatic rings. The van der Waals surface area contributed by atoms with Gasteiger partial charge in [-0.25, -0.2) is 4.42 Å². The zero-order valence-electron chi connectivity index (χ0n) is 18.9. The van der Waals surface area contributed by atoms with E-state index >= 15 is 0 Å². The molecule has 1 atom stereocenters. The molecule has 0 radical (unpaired) electrons. The first-order valence-electron chi connectivity index (χ1n) is 9.96. The minimum atomic E-state index is -0.149. The van der Waals surface area contributed by atoms with Crippen molar-refractivity contribution in [3.8, 4) is 6.07 Å². The van der Waals surface area contributed by atoms with Crippen molar-refractivity contribution in [1.82, 2.24) is 0 Å². The van der Waals surface area contributed by atoms with E-state index in [4.69, 9.17) is 9.68 Å². The Morgan fingerprint density at radius 1 is 1.00 bits per heavy atom. The number of anilines is 1. The van der Waals surface area contributed by atoms with Crippen LogP contribution in [0.5, 0.6) is 0 Å². The molecule has 29 heavy (non-hydrogen) atoms. The maximum Gasteiger partial charge on any atom is 0.335 e. The lowest BCUT2D eigenvalue weighted by atomic mass is 9.90. The average molecular weight is 410 g/mol. The average Bonchev–Trinajstić information content (AvgIpc) is 2.65. The predicted octanol–water partition coefficient (Wildman–Crippen LogP) is 7.27. The van der Waals surface area contributed by atoms with Crippen molar-refractivity contribution in [3.63, 3.8) is 0 Å². The first kappa shape index (κ1) is 23.0. The van der Waals surface area contributed by atoms with Crippen LogP contribution in [0.15, 0.2) is 51.1 Å². The molecule has 0 bridgehead atoms. The smallest absolute Gasteiger partial charge is 0.335 e. The summed E-state index contributed by atoms with van der Waals surface area (Å²) in [6.07, 6.45) is 2.11. The van der Waals surface area contributed by atoms with Gasteiger partial charge in [-0.3, -0.25) is 0 Å². The van der Waals surface area contributed by atoms with Crippen LogP contribution in [0.4, 0.5) is 5.69 Å². The summed E-state index contributed by atoms with van der Waals surface area (Å²) in [6, 6.07) is 14.7. The van der Waals surface area contributed by atoms with E-state index in [0.717, 1.165) is 22.8 Å². The van der Waals surface area contributed by atoms with Gasteiger partial charge in [-0.05, 0) is 77.6 Å². The van der Waals surface area contributed by atoms with E-state index in [-0.39, 0.29) is 16.9 Å². The third-order valence-corrected chi connectivity index (χ3v) is 5.56. The molecule has 0 saturated carbocycles. The van der Waals surface area contributed by atoms with E-state index in [1.807, 2.05) is 18.9 Å². The van der Waals surface area contributed by atoms with Gasteiger partial charge in [0.15, 0.2) is 0 Å². The number of nitrogens with zero attached hydrogens (tertiary/aromatic N) is 2. The molecule has 0 fully saturated rings. The van der Waals surface area contributed by atoms with Crippen LogP contribution in [0.2, 0.25) is 0 Å². The van der Waals surface area contributed by atoms with E-state index in [9.17, 15) is 0 Å². The molecule has 0 N–H and O–H groups in total. The molecule has 1 unspecified atom stereocenters. The molecule has 1 heterocycles. The summed E-state index contributed by atoms with van der Waals surface area (Å²) in [5, 5.41) is 11.2.